The summed E-state index contributed by atoms with van der Waals surface area (Å²) in [5, 5.41) is 0.999. The van der Waals surface area contributed by atoms with Gasteiger partial charge in [-0.05, 0) is 31.5 Å². The quantitative estimate of drug-likeness (QED) is 0.478. The number of oxazole rings is 1. The molecule has 0 aliphatic rings. The van der Waals surface area contributed by atoms with E-state index in [1.165, 1.54) is 5.56 Å². The van der Waals surface area contributed by atoms with Crippen molar-refractivity contribution >= 4 is 29.1 Å². The molecule has 0 atom stereocenters. The van der Waals surface area contributed by atoms with Gasteiger partial charge in [-0.25, -0.2) is 4.98 Å². The Bertz CT molecular complexity index is 951. The molecule has 2 aromatic carbocycles. The van der Waals surface area contributed by atoms with Crippen LogP contribution in [0, 0.1) is 6.92 Å². The van der Waals surface area contributed by atoms with Crippen LogP contribution in [0.3, 0.4) is 0 Å². The van der Waals surface area contributed by atoms with E-state index < -0.39 is 0 Å². The van der Waals surface area contributed by atoms with E-state index in [0.717, 1.165) is 11.1 Å². The summed E-state index contributed by atoms with van der Waals surface area (Å²) in [6, 6.07) is 13.5. The van der Waals surface area contributed by atoms with Crippen molar-refractivity contribution in [2.45, 2.75) is 33.2 Å². The van der Waals surface area contributed by atoms with Gasteiger partial charge in [0, 0.05) is 31.5 Å². The van der Waals surface area contributed by atoms with Crippen LogP contribution in [0.1, 0.15) is 30.4 Å². The highest BCUT2D eigenvalue weighted by molar-refractivity contribution is 6.42. The summed E-state index contributed by atoms with van der Waals surface area (Å²) in [4.78, 5) is 18.7. The minimum atomic E-state index is 0.0451. The fourth-order valence-electron chi connectivity index (χ4n) is 2.88. The van der Waals surface area contributed by atoms with E-state index in [2.05, 4.69) is 4.98 Å². The minimum Gasteiger partial charge on any atom is -0.441 e. The molecule has 146 valence electrons. The molecule has 6 heteroatoms. The second kappa shape index (κ2) is 9.26. The van der Waals surface area contributed by atoms with E-state index in [1.54, 1.807) is 23.2 Å². The first-order valence-corrected chi connectivity index (χ1v) is 9.95. The highest BCUT2D eigenvalue weighted by atomic mass is 35.5. The first-order chi connectivity index (χ1) is 13.5. The lowest BCUT2D eigenvalue weighted by Crippen LogP contribution is -2.30. The molecule has 0 N–H and O–H groups in total. The smallest absolute Gasteiger partial charge is 0.223 e. The Labute approximate surface area is 175 Å². The third-order valence-corrected chi connectivity index (χ3v) is 5.27. The van der Waals surface area contributed by atoms with Gasteiger partial charge in [0.15, 0.2) is 11.7 Å². The molecule has 1 amide bonds. The van der Waals surface area contributed by atoms with Gasteiger partial charge in [0.2, 0.25) is 5.91 Å². The van der Waals surface area contributed by atoms with Crippen LogP contribution >= 0.6 is 23.2 Å². The van der Waals surface area contributed by atoms with E-state index in [-0.39, 0.29) is 5.91 Å². The molecule has 4 nitrogen and oxygen atoms in total. The average molecular weight is 417 g/mol. The van der Waals surface area contributed by atoms with Gasteiger partial charge in [-0.3, -0.25) is 4.79 Å². The molecule has 0 saturated heterocycles. The Morgan fingerprint density at radius 2 is 1.86 bits per heavy atom. The number of aryl methyl sites for hydroxylation is 2. The van der Waals surface area contributed by atoms with Gasteiger partial charge in [0.05, 0.1) is 16.2 Å². The predicted octanol–water partition coefficient (Wildman–Crippen LogP) is 5.94. The van der Waals surface area contributed by atoms with Gasteiger partial charge >= 0.3 is 0 Å². The lowest BCUT2D eigenvalue weighted by Gasteiger charge is -2.21. The van der Waals surface area contributed by atoms with E-state index >= 15 is 0 Å². The van der Waals surface area contributed by atoms with Crippen LogP contribution in [-0.4, -0.2) is 22.3 Å². The third-order valence-electron chi connectivity index (χ3n) is 4.53. The molecule has 0 saturated carbocycles. The van der Waals surface area contributed by atoms with Crippen LogP contribution in [0.15, 0.2) is 53.1 Å². The zero-order valence-electron chi connectivity index (χ0n) is 15.9. The predicted molar refractivity (Wildman–Crippen MR) is 113 cm³/mol. The fraction of sp³-hybridized carbons (Fsp3) is 0.273. The van der Waals surface area contributed by atoms with Crippen LogP contribution in [0.5, 0.6) is 0 Å². The Kier molecular flexibility index (Phi) is 6.76. The topological polar surface area (TPSA) is 46.3 Å². The van der Waals surface area contributed by atoms with Gasteiger partial charge in [0.1, 0.15) is 0 Å². The number of amides is 1. The maximum absolute atomic E-state index is 12.6. The number of halogens is 2. The number of aromatic nitrogens is 1. The Morgan fingerprint density at radius 3 is 2.54 bits per heavy atom. The lowest BCUT2D eigenvalue weighted by molar-refractivity contribution is -0.131. The first kappa shape index (κ1) is 20.4. The van der Waals surface area contributed by atoms with Crippen LogP contribution in [0.2, 0.25) is 10.0 Å². The molecule has 0 unspecified atom stereocenters. The average Bonchev–Trinajstić information content (AvgIpc) is 3.16. The van der Waals surface area contributed by atoms with Crippen LogP contribution in [0.25, 0.3) is 11.3 Å². The molecule has 0 bridgehead atoms. The van der Waals surface area contributed by atoms with E-state index in [9.17, 15) is 4.79 Å². The van der Waals surface area contributed by atoms with Crippen molar-refractivity contribution in [1.29, 1.82) is 0 Å². The zero-order valence-corrected chi connectivity index (χ0v) is 17.4. The van der Waals surface area contributed by atoms with Gasteiger partial charge in [-0.1, -0.05) is 59.1 Å². The van der Waals surface area contributed by atoms with Crippen LogP contribution in [-0.2, 0) is 17.8 Å². The number of carbonyl (C=O) groups excluding carboxylic acids is 1. The van der Waals surface area contributed by atoms with Crippen molar-refractivity contribution in [3.63, 3.8) is 0 Å². The summed E-state index contributed by atoms with van der Waals surface area (Å²) < 4.78 is 5.81. The number of hydrogen-bond acceptors (Lipinski definition) is 3. The molecule has 0 aliphatic carbocycles. The van der Waals surface area contributed by atoms with E-state index in [1.807, 2.05) is 44.2 Å². The number of hydrogen-bond donors (Lipinski definition) is 0. The van der Waals surface area contributed by atoms with Crippen molar-refractivity contribution in [3.05, 3.63) is 75.7 Å². The zero-order chi connectivity index (χ0) is 20.1. The summed E-state index contributed by atoms with van der Waals surface area (Å²) in [6.07, 6.45) is 2.50. The summed E-state index contributed by atoms with van der Waals surface area (Å²) in [5.74, 6) is 1.32. The van der Waals surface area contributed by atoms with Crippen molar-refractivity contribution in [3.8, 4) is 11.3 Å². The van der Waals surface area contributed by atoms with Crippen molar-refractivity contribution in [2.24, 2.45) is 0 Å². The third kappa shape index (κ3) is 5.15. The molecule has 1 aromatic heterocycles. The van der Waals surface area contributed by atoms with E-state index in [4.69, 9.17) is 27.6 Å². The molecule has 1 heterocycles. The van der Waals surface area contributed by atoms with Crippen molar-refractivity contribution < 1.29 is 9.21 Å². The molecular weight excluding hydrogens is 395 g/mol. The second-order valence-electron chi connectivity index (χ2n) is 6.64. The Hall–Kier alpha value is -2.30. The van der Waals surface area contributed by atoms with Crippen LogP contribution < -0.4 is 0 Å². The molecule has 3 rings (SSSR count). The number of benzene rings is 2. The number of nitrogens with zero attached hydrogens (tertiary/aromatic N) is 2. The molecule has 28 heavy (non-hydrogen) atoms. The largest absolute Gasteiger partial charge is 0.441 e. The van der Waals surface area contributed by atoms with Gasteiger partial charge in [-0.15, -0.1) is 0 Å². The molecule has 0 spiro atoms. The SMILES string of the molecule is CCN(Cc1ccc(Cl)c(Cl)c1)C(=O)CCc1ncc(-c2ccc(C)cc2)o1. The minimum absolute atomic E-state index is 0.0451. The molecule has 0 fully saturated rings. The summed E-state index contributed by atoms with van der Waals surface area (Å²) in [7, 11) is 0. The van der Waals surface area contributed by atoms with Gasteiger partial charge in [0.25, 0.3) is 0 Å². The summed E-state index contributed by atoms with van der Waals surface area (Å²) in [6.45, 7) is 5.10. The molecule has 3 aromatic rings. The highest BCUT2D eigenvalue weighted by Gasteiger charge is 2.15. The normalized spacial score (nSPS) is 10.9. The van der Waals surface area contributed by atoms with Crippen LogP contribution in [0.4, 0.5) is 0 Å². The number of carbonyl (C=O) groups is 1. The van der Waals surface area contributed by atoms with Crippen molar-refractivity contribution in [1.82, 2.24) is 9.88 Å². The maximum atomic E-state index is 12.6. The van der Waals surface area contributed by atoms with Gasteiger partial charge < -0.3 is 9.32 Å². The fourth-order valence-corrected chi connectivity index (χ4v) is 3.20. The lowest BCUT2D eigenvalue weighted by atomic mass is 10.1. The Balaban J connectivity index is 1.59. The Morgan fingerprint density at radius 1 is 1.11 bits per heavy atom. The summed E-state index contributed by atoms with van der Waals surface area (Å²) in [5.41, 5.74) is 3.11. The number of rotatable bonds is 7. The summed E-state index contributed by atoms with van der Waals surface area (Å²) >= 11 is 12.0. The van der Waals surface area contributed by atoms with Crippen molar-refractivity contribution in [2.75, 3.05) is 6.54 Å². The monoisotopic (exact) mass is 416 g/mol. The second-order valence-corrected chi connectivity index (χ2v) is 7.46. The van der Waals surface area contributed by atoms with E-state index in [0.29, 0.717) is 47.6 Å². The molecular formula is C22H22Cl2N2O2. The maximum Gasteiger partial charge on any atom is 0.223 e. The highest BCUT2D eigenvalue weighted by Crippen LogP contribution is 2.24. The molecule has 0 aliphatic heterocycles. The van der Waals surface area contributed by atoms with Gasteiger partial charge in [-0.2, -0.15) is 0 Å². The first-order valence-electron chi connectivity index (χ1n) is 9.19. The molecule has 0 radical (unpaired) electrons. The standard InChI is InChI=1S/C22H22Cl2N2O2/c1-3-26(14-16-6-9-18(23)19(24)12-16)22(27)11-10-21-25-13-20(28-21)17-7-4-15(2)5-8-17/h4-9,12-13H,3,10-11,14H2,1-2H3.